The first-order chi connectivity index (χ1) is 11.5. The molecule has 1 aromatic rings. The quantitative estimate of drug-likeness (QED) is 0.177. The largest absolute Gasteiger partial charge is 0.456 e. The zero-order chi connectivity index (χ0) is 17.3. The molecule has 1 amide bonds. The molecule has 2 aliphatic heterocycles. The number of esters is 1. The van der Waals surface area contributed by atoms with Crippen molar-refractivity contribution >= 4 is 55.1 Å². The molecule has 3 rings (SSSR count). The summed E-state index contributed by atoms with van der Waals surface area (Å²) in [6, 6.07) is 5.78. The van der Waals surface area contributed by atoms with Crippen molar-refractivity contribution in [3.05, 3.63) is 50.5 Å². The highest BCUT2D eigenvalue weighted by atomic mass is 79.9. The molecule has 1 aromatic carbocycles. The van der Waals surface area contributed by atoms with Crippen molar-refractivity contribution in [2.24, 2.45) is 0 Å². The van der Waals surface area contributed by atoms with Crippen molar-refractivity contribution in [2.75, 3.05) is 5.33 Å². The fourth-order valence-electron chi connectivity index (χ4n) is 2.25. The predicted octanol–water partition coefficient (Wildman–Crippen LogP) is 3.20. The number of allylic oxidation sites excluding steroid dienone is 1. The van der Waals surface area contributed by atoms with Crippen LogP contribution in [0.4, 0.5) is 5.69 Å². The van der Waals surface area contributed by atoms with Crippen LogP contribution < -0.4 is 0 Å². The van der Waals surface area contributed by atoms with Gasteiger partial charge in [-0.05, 0) is 17.7 Å². The lowest BCUT2D eigenvalue weighted by Gasteiger charge is -2.43. The molecule has 0 aliphatic carbocycles. The van der Waals surface area contributed by atoms with Gasteiger partial charge in [-0.15, -0.1) is 0 Å². The number of non-ortho nitro benzene ring substituents is 1. The monoisotopic (exact) mass is 430 g/mol. The third-order valence-electron chi connectivity index (χ3n) is 3.50. The number of ether oxygens (including phenoxy) is 1. The molecule has 1 atom stereocenters. The molecule has 1 saturated heterocycles. The first-order valence-corrected chi connectivity index (χ1v) is 10.2. The Balaban J connectivity index is 1.70. The third kappa shape index (κ3) is 3.31. The molecule has 0 spiro atoms. The van der Waals surface area contributed by atoms with E-state index in [2.05, 4.69) is 15.9 Å². The van der Waals surface area contributed by atoms with Crippen LogP contribution in [0.5, 0.6) is 0 Å². The van der Waals surface area contributed by atoms with Gasteiger partial charge in [0.1, 0.15) is 17.7 Å². The molecule has 0 bridgehead atoms. The molecule has 0 radical (unpaired) electrons. The highest BCUT2D eigenvalue weighted by molar-refractivity contribution is 9.09. The number of benzene rings is 1. The minimum atomic E-state index is -0.561. The molecule has 24 heavy (non-hydrogen) atoms. The van der Waals surface area contributed by atoms with Gasteiger partial charge in [0.25, 0.3) is 5.69 Å². The Morgan fingerprint density at radius 1 is 1.42 bits per heavy atom. The van der Waals surface area contributed by atoms with E-state index in [0.29, 0.717) is 23.0 Å². The number of carbonyl (C=O) groups is 2. The van der Waals surface area contributed by atoms with Crippen LogP contribution in [0.3, 0.4) is 0 Å². The van der Waals surface area contributed by atoms with Gasteiger partial charge in [0.05, 0.1) is 11.3 Å². The van der Waals surface area contributed by atoms with E-state index in [0.717, 1.165) is 4.91 Å². The number of carbonyl (C=O) groups excluding carboxylic acids is 2. The molecule has 7 nitrogen and oxygen atoms in total. The summed E-state index contributed by atoms with van der Waals surface area (Å²) >= 11 is 3.33. The van der Waals surface area contributed by atoms with Crippen LogP contribution >= 0.6 is 37.5 Å². The molecule has 1 fully saturated rings. The SMILES string of the molecule is O=C(OCc1ccc([N+](=O)[O-])cc1)C1=C(CBr)SS[C@@H]2CC(=O)N12. The van der Waals surface area contributed by atoms with Gasteiger partial charge in [0.15, 0.2) is 0 Å². The summed E-state index contributed by atoms with van der Waals surface area (Å²) in [4.78, 5) is 36.6. The van der Waals surface area contributed by atoms with Gasteiger partial charge in [0, 0.05) is 22.4 Å². The number of nitro benzene ring substituents is 1. The number of alkyl halides is 1. The second-order valence-electron chi connectivity index (χ2n) is 5.01. The average molecular weight is 431 g/mol. The van der Waals surface area contributed by atoms with Crippen LogP contribution in [0.15, 0.2) is 34.9 Å². The maximum absolute atomic E-state index is 12.4. The second kappa shape index (κ2) is 7.16. The van der Waals surface area contributed by atoms with E-state index in [9.17, 15) is 19.7 Å². The summed E-state index contributed by atoms with van der Waals surface area (Å²) in [5.74, 6) is -0.651. The number of nitro groups is 1. The van der Waals surface area contributed by atoms with Crippen LogP contribution in [0.25, 0.3) is 0 Å². The number of hydrogen-bond acceptors (Lipinski definition) is 7. The highest BCUT2D eigenvalue weighted by Crippen LogP contribution is 2.50. The van der Waals surface area contributed by atoms with Gasteiger partial charge in [-0.25, -0.2) is 4.79 Å². The molecule has 2 aliphatic rings. The van der Waals surface area contributed by atoms with E-state index in [1.807, 2.05) is 0 Å². The maximum Gasteiger partial charge on any atom is 0.356 e. The molecule has 10 heteroatoms. The number of rotatable bonds is 5. The van der Waals surface area contributed by atoms with Crippen LogP contribution in [-0.2, 0) is 20.9 Å². The van der Waals surface area contributed by atoms with E-state index in [1.165, 1.54) is 40.0 Å². The third-order valence-corrected chi connectivity index (χ3v) is 7.23. The molecular weight excluding hydrogens is 420 g/mol. The molecule has 0 saturated carbocycles. The Morgan fingerprint density at radius 2 is 2.12 bits per heavy atom. The average Bonchev–Trinajstić information content (AvgIpc) is 2.58. The van der Waals surface area contributed by atoms with Crippen molar-refractivity contribution in [3.8, 4) is 0 Å². The summed E-state index contributed by atoms with van der Waals surface area (Å²) < 4.78 is 5.30. The lowest BCUT2D eigenvalue weighted by molar-refractivity contribution is -0.384. The molecule has 0 N–H and O–H groups in total. The summed E-state index contributed by atoms with van der Waals surface area (Å²) in [5.41, 5.74) is 0.905. The first-order valence-electron chi connectivity index (χ1n) is 6.86. The molecule has 0 unspecified atom stereocenters. The van der Waals surface area contributed by atoms with Crippen LogP contribution in [-0.4, -0.2) is 32.4 Å². The Morgan fingerprint density at radius 3 is 2.71 bits per heavy atom. The van der Waals surface area contributed by atoms with E-state index < -0.39 is 10.9 Å². The second-order valence-corrected chi connectivity index (χ2v) is 8.04. The minimum Gasteiger partial charge on any atom is -0.456 e. The van der Waals surface area contributed by atoms with Crippen LogP contribution in [0, 0.1) is 10.1 Å². The van der Waals surface area contributed by atoms with Gasteiger partial charge in [-0.1, -0.05) is 37.5 Å². The smallest absolute Gasteiger partial charge is 0.356 e. The van der Waals surface area contributed by atoms with Crippen molar-refractivity contribution in [2.45, 2.75) is 18.4 Å². The number of hydrogen-bond donors (Lipinski definition) is 0. The maximum atomic E-state index is 12.4. The molecule has 2 heterocycles. The van der Waals surface area contributed by atoms with Gasteiger partial charge in [0.2, 0.25) is 5.91 Å². The fourth-order valence-corrected chi connectivity index (χ4v) is 5.92. The minimum absolute atomic E-state index is 0.0135. The zero-order valence-electron chi connectivity index (χ0n) is 12.1. The summed E-state index contributed by atoms with van der Waals surface area (Å²) in [6.45, 7) is -0.0135. The van der Waals surface area contributed by atoms with Gasteiger partial charge >= 0.3 is 5.97 Å². The summed E-state index contributed by atoms with van der Waals surface area (Å²) in [5, 5.41) is 11.1. The number of β-lactam (4-membered cyclic amide) rings is 1. The standard InChI is InChI=1S/C14H11BrN2O5S2/c15-6-10-13(16-11(18)5-12(16)24-23-10)14(19)22-7-8-1-3-9(4-2-8)17(20)21/h1-4,12H,5-7H2/t12-/m1/s1. The van der Waals surface area contributed by atoms with Crippen LogP contribution in [0.1, 0.15) is 12.0 Å². The molecule has 0 aromatic heterocycles. The van der Waals surface area contributed by atoms with Crippen LogP contribution in [0.2, 0.25) is 0 Å². The Labute approximate surface area is 153 Å². The zero-order valence-corrected chi connectivity index (χ0v) is 15.4. The summed E-state index contributed by atoms with van der Waals surface area (Å²) in [6.07, 6.45) is 0.423. The van der Waals surface area contributed by atoms with E-state index >= 15 is 0 Å². The van der Waals surface area contributed by atoms with Crippen molar-refractivity contribution in [1.82, 2.24) is 4.90 Å². The molecular formula is C14H11BrN2O5S2. The van der Waals surface area contributed by atoms with Gasteiger partial charge in [-0.3, -0.25) is 19.8 Å². The summed E-state index contributed by atoms with van der Waals surface area (Å²) in [7, 11) is 3.02. The number of fused-ring (bicyclic) bond motifs is 1. The number of nitrogens with zero attached hydrogens (tertiary/aromatic N) is 2. The van der Waals surface area contributed by atoms with Gasteiger partial charge < -0.3 is 4.74 Å². The van der Waals surface area contributed by atoms with Crippen molar-refractivity contribution in [3.63, 3.8) is 0 Å². The topological polar surface area (TPSA) is 89.7 Å². The normalized spacial score (nSPS) is 19.6. The Kier molecular flexibility index (Phi) is 5.16. The lowest BCUT2D eigenvalue weighted by atomic mass is 10.1. The lowest BCUT2D eigenvalue weighted by Crippen LogP contribution is -2.53. The van der Waals surface area contributed by atoms with E-state index in [-0.39, 0.29) is 23.6 Å². The fraction of sp³-hybridized carbons (Fsp3) is 0.286. The Bertz CT molecular complexity index is 737. The van der Waals surface area contributed by atoms with Crippen molar-refractivity contribution < 1.29 is 19.2 Å². The van der Waals surface area contributed by atoms with Crippen molar-refractivity contribution in [1.29, 1.82) is 0 Å². The predicted molar refractivity (Wildman–Crippen MR) is 94.1 cm³/mol. The molecule has 126 valence electrons. The van der Waals surface area contributed by atoms with E-state index in [4.69, 9.17) is 4.74 Å². The highest BCUT2D eigenvalue weighted by Gasteiger charge is 2.46. The number of halogens is 1. The Hall–Kier alpha value is -1.52. The van der Waals surface area contributed by atoms with E-state index in [1.54, 1.807) is 10.8 Å². The first kappa shape index (κ1) is 17.3. The van der Waals surface area contributed by atoms with Gasteiger partial charge in [-0.2, -0.15) is 0 Å². The number of amides is 1.